The van der Waals surface area contributed by atoms with E-state index in [1.165, 1.54) is 43.3 Å². The molecular weight excluding hydrogens is 466 g/mol. The van der Waals surface area contributed by atoms with Crippen molar-refractivity contribution in [3.05, 3.63) is 42.2 Å². The van der Waals surface area contributed by atoms with Gasteiger partial charge in [-0.3, -0.25) is 4.79 Å². The first-order valence-corrected chi connectivity index (χ1v) is 11.3. The number of alkyl halides is 3. The molecule has 6 nitrogen and oxygen atoms in total. The molecule has 1 aliphatic carbocycles. The van der Waals surface area contributed by atoms with Gasteiger partial charge >= 0.3 is 12.3 Å². The van der Waals surface area contributed by atoms with Crippen LogP contribution in [0, 0.1) is 17.2 Å². The van der Waals surface area contributed by atoms with Crippen molar-refractivity contribution in [3.63, 3.8) is 0 Å². The maximum Gasteiger partial charge on any atom is 0.573 e. The molecule has 1 heterocycles. The molecule has 0 saturated heterocycles. The molecule has 0 aliphatic heterocycles. The standard InChI is InChI=1S/C25H27F4N3O3/c1-14-9-17(13-24(3,4)12-14)32-21-10-19(26)22(34-15(2)33)11-20(21)31-23(32)30-16-5-7-18(8-6-16)35-25(27,28)29/h5-8,10-11,14,17H,9,12-13H2,1-4H3,(H,30,31)/t14-,17+/m0/s1. The molecule has 1 aromatic heterocycles. The molecule has 1 saturated carbocycles. The SMILES string of the molecule is CC(=O)Oc1cc2nc(Nc3ccc(OC(F)(F)F)cc3)n([C@@H]3C[C@H](C)CC(C)(C)C3)c2cc1F. The maximum absolute atomic E-state index is 14.8. The van der Waals surface area contributed by atoms with E-state index in [2.05, 4.69) is 35.8 Å². The molecule has 0 amide bonds. The summed E-state index contributed by atoms with van der Waals surface area (Å²) in [6.45, 7) is 7.76. The molecule has 0 bridgehead atoms. The predicted molar refractivity (Wildman–Crippen MR) is 123 cm³/mol. The van der Waals surface area contributed by atoms with Crippen LogP contribution in [0.1, 0.15) is 53.0 Å². The Hall–Kier alpha value is -3.30. The lowest BCUT2D eigenvalue weighted by molar-refractivity contribution is -0.274. The average molecular weight is 494 g/mol. The van der Waals surface area contributed by atoms with Crippen molar-refractivity contribution >= 4 is 28.6 Å². The van der Waals surface area contributed by atoms with E-state index in [0.717, 1.165) is 19.3 Å². The summed E-state index contributed by atoms with van der Waals surface area (Å²) in [4.78, 5) is 16.0. The number of nitrogens with one attached hydrogen (secondary N) is 1. The third kappa shape index (κ3) is 5.86. The average Bonchev–Trinajstić information content (AvgIpc) is 3.03. The number of carbonyl (C=O) groups is 1. The Morgan fingerprint density at radius 2 is 1.86 bits per heavy atom. The fourth-order valence-electron chi connectivity index (χ4n) is 5.15. The number of rotatable bonds is 5. The Kier molecular flexibility index (Phi) is 6.42. The lowest BCUT2D eigenvalue weighted by atomic mass is 9.70. The van der Waals surface area contributed by atoms with Crippen LogP contribution in [-0.4, -0.2) is 21.9 Å². The number of imidazole rings is 1. The van der Waals surface area contributed by atoms with Crippen LogP contribution in [-0.2, 0) is 4.79 Å². The van der Waals surface area contributed by atoms with Crippen molar-refractivity contribution in [1.29, 1.82) is 0 Å². The molecule has 2 aromatic carbocycles. The number of hydrogen-bond donors (Lipinski definition) is 1. The van der Waals surface area contributed by atoms with Crippen molar-refractivity contribution in [2.45, 2.75) is 59.4 Å². The van der Waals surface area contributed by atoms with E-state index in [9.17, 15) is 22.4 Å². The normalized spacial score (nSPS) is 20.0. The first kappa shape index (κ1) is 24.8. The minimum absolute atomic E-state index is 0.00746. The van der Waals surface area contributed by atoms with Crippen molar-refractivity contribution < 1.29 is 31.8 Å². The number of esters is 1. The number of ether oxygens (including phenoxy) is 2. The van der Waals surface area contributed by atoms with Crippen molar-refractivity contribution in [2.24, 2.45) is 11.3 Å². The molecule has 1 N–H and O–H groups in total. The molecule has 1 aliphatic rings. The smallest absolute Gasteiger partial charge is 0.423 e. The lowest BCUT2D eigenvalue weighted by Crippen LogP contribution is -2.29. The van der Waals surface area contributed by atoms with Gasteiger partial charge in [-0.15, -0.1) is 13.2 Å². The molecule has 3 aromatic rings. The zero-order chi connectivity index (χ0) is 25.5. The number of benzene rings is 2. The number of aromatic nitrogens is 2. The summed E-state index contributed by atoms with van der Waals surface area (Å²) in [5.74, 6) is -1.04. The van der Waals surface area contributed by atoms with Gasteiger partial charge in [-0.05, 0) is 54.9 Å². The zero-order valence-corrected chi connectivity index (χ0v) is 19.9. The highest BCUT2D eigenvalue weighted by molar-refractivity contribution is 5.83. The first-order chi connectivity index (χ1) is 16.3. The topological polar surface area (TPSA) is 65.4 Å². The minimum Gasteiger partial charge on any atom is -0.423 e. The van der Waals surface area contributed by atoms with Gasteiger partial charge in [0.15, 0.2) is 11.6 Å². The van der Waals surface area contributed by atoms with Crippen LogP contribution < -0.4 is 14.8 Å². The van der Waals surface area contributed by atoms with E-state index in [1.54, 1.807) is 0 Å². The molecule has 4 rings (SSSR count). The van der Waals surface area contributed by atoms with E-state index >= 15 is 0 Å². The van der Waals surface area contributed by atoms with Gasteiger partial charge in [0.05, 0.1) is 11.0 Å². The first-order valence-electron chi connectivity index (χ1n) is 11.3. The van der Waals surface area contributed by atoms with Gasteiger partial charge in [0.2, 0.25) is 5.95 Å². The zero-order valence-electron chi connectivity index (χ0n) is 19.9. The monoisotopic (exact) mass is 493 g/mol. The third-order valence-electron chi connectivity index (χ3n) is 6.07. The molecule has 1 fully saturated rings. The molecule has 0 spiro atoms. The van der Waals surface area contributed by atoms with Crippen LogP contribution in [0.25, 0.3) is 11.0 Å². The Balaban J connectivity index is 1.76. The van der Waals surface area contributed by atoms with Gasteiger partial charge in [0.25, 0.3) is 0 Å². The molecule has 2 atom stereocenters. The van der Waals surface area contributed by atoms with Crippen LogP contribution >= 0.6 is 0 Å². The fourth-order valence-corrected chi connectivity index (χ4v) is 5.15. The summed E-state index contributed by atoms with van der Waals surface area (Å²) in [5.41, 5.74) is 1.51. The fraction of sp³-hybridized carbons (Fsp3) is 0.440. The second-order valence-corrected chi connectivity index (χ2v) is 9.93. The maximum atomic E-state index is 14.8. The van der Waals surface area contributed by atoms with Gasteiger partial charge in [-0.25, -0.2) is 9.37 Å². The van der Waals surface area contributed by atoms with E-state index < -0.39 is 18.1 Å². The second kappa shape index (κ2) is 9.05. The lowest BCUT2D eigenvalue weighted by Gasteiger charge is -2.40. The van der Waals surface area contributed by atoms with Gasteiger partial charge in [0.1, 0.15) is 5.75 Å². The van der Waals surface area contributed by atoms with Gasteiger partial charge in [-0.1, -0.05) is 20.8 Å². The summed E-state index contributed by atoms with van der Waals surface area (Å²) in [7, 11) is 0. The minimum atomic E-state index is -4.78. The number of fused-ring (bicyclic) bond motifs is 1. The number of halogens is 4. The molecule has 0 unspecified atom stereocenters. The Bertz CT molecular complexity index is 1240. The predicted octanol–water partition coefficient (Wildman–Crippen LogP) is 7.13. The molecule has 188 valence electrons. The van der Waals surface area contributed by atoms with Gasteiger partial charge in [0, 0.05) is 30.8 Å². The number of hydrogen-bond acceptors (Lipinski definition) is 5. The summed E-state index contributed by atoms with van der Waals surface area (Å²) >= 11 is 0. The highest BCUT2D eigenvalue weighted by atomic mass is 19.4. The highest BCUT2D eigenvalue weighted by Gasteiger charge is 2.35. The van der Waals surface area contributed by atoms with E-state index in [-0.39, 0.29) is 23.0 Å². The van der Waals surface area contributed by atoms with E-state index in [4.69, 9.17) is 4.74 Å². The van der Waals surface area contributed by atoms with Crippen LogP contribution in [0.2, 0.25) is 0 Å². The van der Waals surface area contributed by atoms with E-state index in [0.29, 0.717) is 28.6 Å². The Morgan fingerprint density at radius 3 is 2.46 bits per heavy atom. The highest BCUT2D eigenvalue weighted by Crippen LogP contribution is 2.46. The van der Waals surface area contributed by atoms with Crippen LogP contribution in [0.3, 0.4) is 0 Å². The Labute approximate surface area is 200 Å². The summed E-state index contributed by atoms with van der Waals surface area (Å²) in [6, 6.07) is 7.99. The second-order valence-electron chi connectivity index (χ2n) is 9.93. The quantitative estimate of drug-likeness (QED) is 0.233. The Morgan fingerprint density at radius 1 is 1.17 bits per heavy atom. The third-order valence-corrected chi connectivity index (χ3v) is 6.07. The van der Waals surface area contributed by atoms with Gasteiger partial charge in [-0.2, -0.15) is 0 Å². The number of anilines is 2. The summed E-state index contributed by atoms with van der Waals surface area (Å²) in [5, 5.41) is 3.16. The van der Waals surface area contributed by atoms with E-state index in [1.807, 2.05) is 4.57 Å². The number of carbonyl (C=O) groups excluding carboxylic acids is 1. The van der Waals surface area contributed by atoms with Crippen LogP contribution in [0.5, 0.6) is 11.5 Å². The molecule has 35 heavy (non-hydrogen) atoms. The van der Waals surface area contributed by atoms with Crippen LogP contribution in [0.15, 0.2) is 36.4 Å². The summed E-state index contributed by atoms with van der Waals surface area (Å²) < 4.78 is 63.2. The summed E-state index contributed by atoms with van der Waals surface area (Å²) in [6.07, 6.45) is -2.03. The van der Waals surface area contributed by atoms with Crippen LogP contribution in [0.4, 0.5) is 29.2 Å². The largest absolute Gasteiger partial charge is 0.573 e. The van der Waals surface area contributed by atoms with Crippen molar-refractivity contribution in [3.8, 4) is 11.5 Å². The van der Waals surface area contributed by atoms with Crippen molar-refractivity contribution in [1.82, 2.24) is 9.55 Å². The molecular formula is C25H27F4N3O3. The van der Waals surface area contributed by atoms with Gasteiger partial charge < -0.3 is 19.4 Å². The number of nitrogens with zero attached hydrogens (tertiary/aromatic N) is 2. The molecule has 10 heteroatoms. The molecule has 0 radical (unpaired) electrons. The van der Waals surface area contributed by atoms with Crippen molar-refractivity contribution in [2.75, 3.05) is 5.32 Å².